The fourth-order valence-corrected chi connectivity index (χ4v) is 3.01. The van der Waals surface area contributed by atoms with Crippen molar-refractivity contribution in [3.8, 4) is 11.8 Å². The molecule has 0 radical (unpaired) electrons. The van der Waals surface area contributed by atoms with Gasteiger partial charge >= 0.3 is 5.97 Å². The molecule has 30 heavy (non-hydrogen) atoms. The van der Waals surface area contributed by atoms with Gasteiger partial charge in [-0.2, -0.15) is 5.26 Å². The molecule has 1 N–H and O–H groups in total. The molecular weight excluding hydrogens is 380 g/mol. The Kier molecular flexibility index (Phi) is 6.33. The Morgan fingerprint density at radius 1 is 1.00 bits per heavy atom. The molecule has 6 heteroatoms. The van der Waals surface area contributed by atoms with Crippen molar-refractivity contribution in [3.63, 3.8) is 0 Å². The highest BCUT2D eigenvalue weighted by Crippen LogP contribution is 2.26. The number of nitriles is 1. The standard InChI is InChI=1S/C24H22N2O4/c1-15(18-7-8-20-13-22(29-3)10-9-19(20)12-18)24(28)30-16(2)23(27)26-21-6-4-5-17(11-21)14-25/h4-13,15-16H,1-3H3,(H,26,27)/t15-,16+/m0/s1. The van der Waals surface area contributed by atoms with Gasteiger partial charge in [-0.3, -0.25) is 9.59 Å². The number of nitrogens with zero attached hydrogens (tertiary/aromatic N) is 1. The number of methoxy groups -OCH3 is 1. The first kappa shape index (κ1) is 20.9. The average molecular weight is 402 g/mol. The van der Waals surface area contributed by atoms with Crippen molar-refractivity contribution in [3.05, 3.63) is 71.8 Å². The Morgan fingerprint density at radius 3 is 2.47 bits per heavy atom. The number of hydrogen-bond donors (Lipinski definition) is 1. The first-order valence-electron chi connectivity index (χ1n) is 9.50. The number of carbonyl (C=O) groups is 2. The van der Waals surface area contributed by atoms with Crippen molar-refractivity contribution in [2.24, 2.45) is 0 Å². The van der Waals surface area contributed by atoms with E-state index in [0.717, 1.165) is 22.1 Å². The molecule has 0 heterocycles. The number of benzene rings is 3. The molecule has 3 rings (SSSR count). The third-order valence-electron chi connectivity index (χ3n) is 4.85. The van der Waals surface area contributed by atoms with Crippen LogP contribution < -0.4 is 10.1 Å². The molecule has 6 nitrogen and oxygen atoms in total. The third kappa shape index (κ3) is 4.76. The Bertz CT molecular complexity index is 1130. The first-order chi connectivity index (χ1) is 14.4. The molecule has 0 spiro atoms. The van der Waals surface area contributed by atoms with E-state index in [9.17, 15) is 9.59 Å². The number of rotatable bonds is 6. The molecule has 3 aromatic rings. The van der Waals surface area contributed by atoms with Crippen LogP contribution in [0.15, 0.2) is 60.7 Å². The zero-order valence-electron chi connectivity index (χ0n) is 17.0. The van der Waals surface area contributed by atoms with Gasteiger partial charge < -0.3 is 14.8 Å². The smallest absolute Gasteiger partial charge is 0.313 e. The molecule has 3 aromatic carbocycles. The maximum Gasteiger partial charge on any atom is 0.313 e. The summed E-state index contributed by atoms with van der Waals surface area (Å²) in [4.78, 5) is 24.9. The molecule has 152 valence electrons. The first-order valence-corrected chi connectivity index (χ1v) is 9.50. The number of anilines is 1. The van der Waals surface area contributed by atoms with Gasteiger partial charge in [-0.1, -0.05) is 30.3 Å². The summed E-state index contributed by atoms with van der Waals surface area (Å²) >= 11 is 0. The Morgan fingerprint density at radius 2 is 1.73 bits per heavy atom. The summed E-state index contributed by atoms with van der Waals surface area (Å²) < 4.78 is 10.6. The normalized spacial score (nSPS) is 12.5. The molecule has 0 aliphatic rings. The molecule has 0 aromatic heterocycles. The second-order valence-corrected chi connectivity index (χ2v) is 6.96. The van der Waals surface area contributed by atoms with Crippen molar-refractivity contribution >= 4 is 28.3 Å². The van der Waals surface area contributed by atoms with Crippen molar-refractivity contribution in [2.45, 2.75) is 25.9 Å². The predicted molar refractivity (Wildman–Crippen MR) is 114 cm³/mol. The quantitative estimate of drug-likeness (QED) is 0.618. The van der Waals surface area contributed by atoms with Crippen LogP contribution in [-0.2, 0) is 14.3 Å². The van der Waals surface area contributed by atoms with Gasteiger partial charge in [-0.15, -0.1) is 0 Å². The van der Waals surface area contributed by atoms with Crippen molar-refractivity contribution in [1.29, 1.82) is 5.26 Å². The Hall–Kier alpha value is -3.85. The summed E-state index contributed by atoms with van der Waals surface area (Å²) in [6.45, 7) is 3.26. The van der Waals surface area contributed by atoms with E-state index in [1.807, 2.05) is 42.5 Å². The molecule has 0 aliphatic heterocycles. The van der Waals surface area contributed by atoms with Gasteiger partial charge in [0.05, 0.1) is 24.7 Å². The molecule has 0 fully saturated rings. The third-order valence-corrected chi connectivity index (χ3v) is 4.85. The van der Waals surface area contributed by atoms with Gasteiger partial charge in [-0.05, 0) is 60.5 Å². The maximum atomic E-state index is 12.6. The van der Waals surface area contributed by atoms with Gasteiger partial charge in [0.25, 0.3) is 5.91 Å². The van der Waals surface area contributed by atoms with Gasteiger partial charge in [0.15, 0.2) is 6.10 Å². The van der Waals surface area contributed by atoms with Gasteiger partial charge in [0.2, 0.25) is 0 Å². The number of fused-ring (bicyclic) bond motifs is 1. The van der Waals surface area contributed by atoms with Crippen LogP contribution in [0.1, 0.15) is 30.9 Å². The highest BCUT2D eigenvalue weighted by Gasteiger charge is 2.23. The largest absolute Gasteiger partial charge is 0.497 e. The molecule has 0 aliphatic carbocycles. The molecule has 0 saturated carbocycles. The van der Waals surface area contributed by atoms with E-state index in [1.54, 1.807) is 38.3 Å². The van der Waals surface area contributed by atoms with E-state index in [2.05, 4.69) is 5.32 Å². The van der Waals surface area contributed by atoms with E-state index in [1.165, 1.54) is 6.92 Å². The fourth-order valence-electron chi connectivity index (χ4n) is 3.01. The summed E-state index contributed by atoms with van der Waals surface area (Å²) in [6.07, 6.45) is -0.976. The average Bonchev–Trinajstić information content (AvgIpc) is 2.77. The minimum atomic E-state index is -0.976. The molecular formula is C24H22N2O4. The molecule has 0 saturated heterocycles. The number of nitrogens with one attached hydrogen (secondary N) is 1. The molecule has 2 atom stereocenters. The van der Waals surface area contributed by atoms with Gasteiger partial charge in [0, 0.05) is 5.69 Å². The lowest BCUT2D eigenvalue weighted by Gasteiger charge is -2.17. The lowest BCUT2D eigenvalue weighted by molar-refractivity contribution is -0.154. The van der Waals surface area contributed by atoms with Crippen LogP contribution in [0, 0.1) is 11.3 Å². The van der Waals surface area contributed by atoms with Crippen LogP contribution in [0.2, 0.25) is 0 Å². The molecule has 1 amide bonds. The lowest BCUT2D eigenvalue weighted by Crippen LogP contribution is -2.31. The Labute approximate surface area is 175 Å². The number of carbonyl (C=O) groups excluding carboxylic acids is 2. The van der Waals surface area contributed by atoms with Crippen molar-refractivity contribution in [2.75, 3.05) is 12.4 Å². The maximum absolute atomic E-state index is 12.6. The van der Waals surface area contributed by atoms with Crippen LogP contribution in [0.4, 0.5) is 5.69 Å². The summed E-state index contributed by atoms with van der Waals surface area (Å²) in [6, 6.07) is 20.0. The minimum Gasteiger partial charge on any atom is -0.497 e. The molecule has 0 bridgehead atoms. The van der Waals surface area contributed by atoms with E-state index in [0.29, 0.717) is 11.3 Å². The fraction of sp³-hybridized carbons (Fsp3) is 0.208. The van der Waals surface area contributed by atoms with Crippen LogP contribution >= 0.6 is 0 Å². The topological polar surface area (TPSA) is 88.4 Å². The van der Waals surface area contributed by atoms with E-state index < -0.39 is 23.9 Å². The van der Waals surface area contributed by atoms with Crippen LogP contribution in [0.5, 0.6) is 5.75 Å². The zero-order chi connectivity index (χ0) is 21.7. The number of amides is 1. The highest BCUT2D eigenvalue weighted by molar-refractivity contribution is 5.95. The number of esters is 1. The monoisotopic (exact) mass is 402 g/mol. The lowest BCUT2D eigenvalue weighted by atomic mass is 9.98. The summed E-state index contributed by atoms with van der Waals surface area (Å²) in [7, 11) is 1.62. The Balaban J connectivity index is 1.66. The summed E-state index contributed by atoms with van der Waals surface area (Å²) in [5, 5.41) is 13.6. The van der Waals surface area contributed by atoms with Crippen LogP contribution in [0.3, 0.4) is 0 Å². The second kappa shape index (κ2) is 9.10. The number of hydrogen-bond acceptors (Lipinski definition) is 5. The zero-order valence-corrected chi connectivity index (χ0v) is 17.0. The molecule has 0 unspecified atom stereocenters. The van der Waals surface area contributed by atoms with E-state index >= 15 is 0 Å². The SMILES string of the molecule is COc1ccc2cc([C@H](C)C(=O)O[C@H](C)C(=O)Nc3cccc(C#N)c3)ccc2c1. The highest BCUT2D eigenvalue weighted by atomic mass is 16.5. The summed E-state index contributed by atoms with van der Waals surface area (Å²) in [5.41, 5.74) is 1.70. The predicted octanol–water partition coefficient (Wildman–Crippen LogP) is 4.39. The van der Waals surface area contributed by atoms with Gasteiger partial charge in [-0.25, -0.2) is 0 Å². The van der Waals surface area contributed by atoms with Gasteiger partial charge in [0.1, 0.15) is 5.75 Å². The van der Waals surface area contributed by atoms with Crippen LogP contribution in [-0.4, -0.2) is 25.1 Å². The second-order valence-electron chi connectivity index (χ2n) is 6.96. The van der Waals surface area contributed by atoms with Crippen LogP contribution in [0.25, 0.3) is 10.8 Å². The van der Waals surface area contributed by atoms with Crippen molar-refractivity contribution < 1.29 is 19.1 Å². The van der Waals surface area contributed by atoms with E-state index in [4.69, 9.17) is 14.7 Å². The number of ether oxygens (including phenoxy) is 2. The summed E-state index contributed by atoms with van der Waals surface area (Å²) in [5.74, 6) is -0.718. The minimum absolute atomic E-state index is 0.431. The van der Waals surface area contributed by atoms with Crippen molar-refractivity contribution in [1.82, 2.24) is 0 Å². The van der Waals surface area contributed by atoms with E-state index in [-0.39, 0.29) is 0 Å².